The lowest BCUT2D eigenvalue weighted by Gasteiger charge is -2.29. The number of nitrogens with one attached hydrogen (secondary N) is 2. The summed E-state index contributed by atoms with van der Waals surface area (Å²) in [5.41, 5.74) is 0.922. The molecule has 1 fully saturated rings. The monoisotopic (exact) mass is 512 g/mol. The summed E-state index contributed by atoms with van der Waals surface area (Å²) < 4.78 is 14.9. The van der Waals surface area contributed by atoms with Crippen molar-refractivity contribution >= 4 is 46.5 Å². The minimum atomic E-state index is -0.695. The number of likely N-dealkylation sites (tertiary alicyclic amines) is 1. The van der Waals surface area contributed by atoms with Gasteiger partial charge in [0.05, 0.1) is 10.6 Å². The van der Waals surface area contributed by atoms with Gasteiger partial charge < -0.3 is 10.2 Å². The van der Waals surface area contributed by atoms with Crippen LogP contribution < -0.4 is 5.32 Å². The van der Waals surface area contributed by atoms with Crippen molar-refractivity contribution in [3.05, 3.63) is 92.8 Å². The van der Waals surface area contributed by atoms with E-state index in [1.807, 2.05) is 4.90 Å². The van der Waals surface area contributed by atoms with Gasteiger partial charge in [-0.15, -0.1) is 0 Å². The third-order valence-corrected chi connectivity index (χ3v) is 6.31. The molecular formula is C26H23Cl2FN4O2. The number of halogens is 3. The van der Waals surface area contributed by atoms with Crippen molar-refractivity contribution in [1.29, 1.82) is 5.41 Å². The molecule has 1 aliphatic heterocycles. The third-order valence-electron chi connectivity index (χ3n) is 5.85. The molecule has 4 rings (SSSR count). The van der Waals surface area contributed by atoms with Gasteiger partial charge in [0, 0.05) is 41.9 Å². The second kappa shape index (κ2) is 11.0. The van der Waals surface area contributed by atoms with Gasteiger partial charge in [0.25, 0.3) is 5.91 Å². The van der Waals surface area contributed by atoms with Crippen LogP contribution in [0.1, 0.15) is 51.1 Å². The van der Waals surface area contributed by atoms with Crippen molar-refractivity contribution < 1.29 is 14.0 Å². The van der Waals surface area contributed by atoms with Crippen molar-refractivity contribution in [3.63, 3.8) is 0 Å². The van der Waals surface area contributed by atoms with E-state index in [0.29, 0.717) is 21.2 Å². The highest BCUT2D eigenvalue weighted by atomic mass is 35.5. The van der Waals surface area contributed by atoms with E-state index >= 15 is 0 Å². The molecule has 2 heterocycles. The molecule has 35 heavy (non-hydrogen) atoms. The lowest BCUT2D eigenvalue weighted by Crippen LogP contribution is -2.35. The van der Waals surface area contributed by atoms with Crippen LogP contribution in [0.15, 0.2) is 54.7 Å². The van der Waals surface area contributed by atoms with Gasteiger partial charge >= 0.3 is 0 Å². The molecule has 0 saturated carbocycles. The zero-order valence-corrected chi connectivity index (χ0v) is 20.3. The first kappa shape index (κ1) is 24.8. The highest BCUT2D eigenvalue weighted by Gasteiger charge is 2.21. The average molecular weight is 513 g/mol. The number of nitrogens with zero attached hydrogens (tertiary/aromatic N) is 2. The Balaban J connectivity index is 1.52. The number of Topliss-reactive ketones (excluding diaryl/α,β-unsaturated/α-hetero) is 1. The maximum atomic E-state index is 14.9. The predicted molar refractivity (Wildman–Crippen MR) is 135 cm³/mol. The molecule has 180 valence electrons. The fourth-order valence-corrected chi connectivity index (χ4v) is 4.29. The minimum absolute atomic E-state index is 0.0964. The average Bonchev–Trinajstić information content (AvgIpc) is 2.86. The number of benzene rings is 2. The first-order chi connectivity index (χ1) is 16.8. The number of piperidine rings is 1. The number of carbonyl (C=O) groups excluding carboxylic acids is 2. The van der Waals surface area contributed by atoms with Crippen LogP contribution in [0.4, 0.5) is 10.2 Å². The Morgan fingerprint density at radius 3 is 2.40 bits per heavy atom. The molecule has 0 bridgehead atoms. The number of rotatable bonds is 6. The number of amides is 1. The van der Waals surface area contributed by atoms with Gasteiger partial charge in [-0.05, 0) is 61.2 Å². The summed E-state index contributed by atoms with van der Waals surface area (Å²) in [6, 6.07) is 12.0. The molecule has 1 saturated heterocycles. The lowest BCUT2D eigenvalue weighted by atomic mass is 9.97. The van der Waals surface area contributed by atoms with E-state index in [1.165, 1.54) is 24.4 Å². The summed E-state index contributed by atoms with van der Waals surface area (Å²) in [7, 11) is 0. The Morgan fingerprint density at radius 2 is 1.71 bits per heavy atom. The minimum Gasteiger partial charge on any atom is -0.357 e. The van der Waals surface area contributed by atoms with Crippen LogP contribution in [-0.4, -0.2) is 40.5 Å². The summed E-state index contributed by atoms with van der Waals surface area (Å²) in [4.78, 5) is 31.8. The fourth-order valence-electron chi connectivity index (χ4n) is 4.00. The normalized spacial score (nSPS) is 13.4. The lowest BCUT2D eigenvalue weighted by molar-refractivity contribution is 0.0988. The number of anilines is 1. The molecule has 0 unspecified atom stereocenters. The summed E-state index contributed by atoms with van der Waals surface area (Å²) in [6.45, 7) is 1.54. The Kier molecular flexibility index (Phi) is 7.78. The first-order valence-corrected chi connectivity index (χ1v) is 12.0. The Hall–Kier alpha value is -3.29. The number of hydrogen-bond acceptors (Lipinski definition) is 4. The van der Waals surface area contributed by atoms with Gasteiger partial charge in [-0.3, -0.25) is 15.0 Å². The molecule has 2 N–H and O–H groups in total. The molecule has 9 heteroatoms. The summed E-state index contributed by atoms with van der Waals surface area (Å²) >= 11 is 11.9. The summed E-state index contributed by atoms with van der Waals surface area (Å²) in [5, 5.41) is 11.8. The molecule has 0 spiro atoms. The van der Waals surface area contributed by atoms with Crippen LogP contribution in [-0.2, 0) is 6.42 Å². The Morgan fingerprint density at radius 1 is 0.971 bits per heavy atom. The van der Waals surface area contributed by atoms with Gasteiger partial charge in [0.2, 0.25) is 0 Å². The van der Waals surface area contributed by atoms with E-state index in [-0.39, 0.29) is 29.2 Å². The van der Waals surface area contributed by atoms with Gasteiger partial charge in [-0.1, -0.05) is 35.3 Å². The zero-order valence-electron chi connectivity index (χ0n) is 18.8. The van der Waals surface area contributed by atoms with Crippen molar-refractivity contribution in [3.8, 4) is 0 Å². The number of aromatic nitrogens is 1. The van der Waals surface area contributed by atoms with E-state index in [1.54, 1.807) is 30.3 Å². The topological polar surface area (TPSA) is 86.1 Å². The number of amidine groups is 1. The van der Waals surface area contributed by atoms with E-state index < -0.39 is 17.5 Å². The molecular weight excluding hydrogens is 490 g/mol. The molecule has 1 aromatic heterocycles. The quantitative estimate of drug-likeness (QED) is 0.240. The van der Waals surface area contributed by atoms with Crippen molar-refractivity contribution in [2.45, 2.75) is 25.7 Å². The van der Waals surface area contributed by atoms with Crippen LogP contribution in [0.3, 0.4) is 0 Å². The first-order valence-electron chi connectivity index (χ1n) is 11.2. The molecule has 0 atom stereocenters. The van der Waals surface area contributed by atoms with Crippen LogP contribution >= 0.6 is 23.2 Å². The van der Waals surface area contributed by atoms with Crippen LogP contribution in [0.2, 0.25) is 10.0 Å². The van der Waals surface area contributed by atoms with Crippen molar-refractivity contribution in [1.82, 2.24) is 9.88 Å². The van der Waals surface area contributed by atoms with E-state index in [0.717, 1.165) is 32.4 Å². The maximum Gasteiger partial charge on any atom is 0.257 e. The standard InChI is InChI=1S/C26H23Cl2FN4O2/c27-18-6-4-16(21(14-18)26(35)32-24-9-7-19(28)15-31-24)13-23(34)20-8-5-17(12-22(20)29)25(30)33-10-2-1-3-11-33/h4-9,12,14-15,30H,1-3,10-11,13H2,(H,31,32,35). The van der Waals surface area contributed by atoms with Gasteiger partial charge in [0.1, 0.15) is 17.5 Å². The highest BCUT2D eigenvalue weighted by Crippen LogP contribution is 2.22. The fraction of sp³-hybridized carbons (Fsp3) is 0.231. The largest absolute Gasteiger partial charge is 0.357 e. The molecule has 1 aliphatic rings. The molecule has 2 aromatic carbocycles. The molecule has 0 radical (unpaired) electrons. The second-order valence-corrected chi connectivity index (χ2v) is 9.18. The SMILES string of the molecule is N=C(c1ccc(C(=O)Cc2ccc(Cl)cc2C(=O)Nc2ccc(Cl)cn2)c(F)c1)N1CCCCC1. The highest BCUT2D eigenvalue weighted by molar-refractivity contribution is 6.31. The molecule has 0 aliphatic carbocycles. The molecule has 3 aromatic rings. The summed E-state index contributed by atoms with van der Waals surface area (Å²) in [6.07, 6.45) is 4.34. The van der Waals surface area contributed by atoms with Gasteiger partial charge in [0.15, 0.2) is 5.78 Å². The summed E-state index contributed by atoms with van der Waals surface area (Å²) in [5.74, 6) is -1.14. The van der Waals surface area contributed by atoms with Gasteiger partial charge in [-0.2, -0.15) is 0 Å². The number of carbonyl (C=O) groups is 2. The van der Waals surface area contributed by atoms with Crippen molar-refractivity contribution in [2.75, 3.05) is 18.4 Å². The Labute approximate surface area is 212 Å². The van der Waals surface area contributed by atoms with E-state index in [4.69, 9.17) is 28.6 Å². The molecule has 1 amide bonds. The van der Waals surface area contributed by atoms with Crippen LogP contribution in [0.25, 0.3) is 0 Å². The van der Waals surface area contributed by atoms with Crippen LogP contribution in [0, 0.1) is 11.2 Å². The third kappa shape index (κ3) is 6.05. The Bertz CT molecular complexity index is 1270. The van der Waals surface area contributed by atoms with E-state index in [9.17, 15) is 14.0 Å². The predicted octanol–water partition coefficient (Wildman–Crippen LogP) is 6.02. The second-order valence-electron chi connectivity index (χ2n) is 8.31. The number of ketones is 1. The van der Waals surface area contributed by atoms with E-state index in [2.05, 4.69) is 10.3 Å². The smallest absolute Gasteiger partial charge is 0.257 e. The zero-order chi connectivity index (χ0) is 24.9. The number of pyridine rings is 1. The van der Waals surface area contributed by atoms with Gasteiger partial charge in [-0.25, -0.2) is 9.37 Å². The maximum absolute atomic E-state index is 14.9. The number of hydrogen-bond donors (Lipinski definition) is 2. The van der Waals surface area contributed by atoms with Crippen molar-refractivity contribution in [2.24, 2.45) is 0 Å². The van der Waals surface area contributed by atoms with Crippen LogP contribution in [0.5, 0.6) is 0 Å². The molecule has 6 nitrogen and oxygen atoms in total.